The number of hydrogen-bond donors (Lipinski definition) is 0. The topological polar surface area (TPSA) is 19.4 Å². The minimum absolute atomic E-state index is 1.11. The average molecular weight is 267 g/mol. The van der Waals surface area contributed by atoms with Gasteiger partial charge in [-0.05, 0) is 24.1 Å². The van der Waals surface area contributed by atoms with Crippen LogP contribution in [0.1, 0.15) is 5.56 Å². The fourth-order valence-corrected chi connectivity index (χ4v) is 2.72. The quantitative estimate of drug-likeness (QED) is 0.848. The maximum Gasteiger partial charge on any atom is 0.0397 e. The second-order valence-corrected chi connectivity index (χ2v) is 5.27. The van der Waals surface area contributed by atoms with Crippen LogP contribution in [-0.4, -0.2) is 42.6 Å². The van der Waals surface area contributed by atoms with Crippen molar-refractivity contribution in [1.29, 1.82) is 0 Å². The first-order chi connectivity index (χ1) is 9.92. The zero-order valence-electron chi connectivity index (χ0n) is 11.8. The maximum atomic E-state index is 4.08. The van der Waals surface area contributed by atoms with E-state index in [1.165, 1.54) is 11.3 Å². The zero-order valence-corrected chi connectivity index (χ0v) is 11.8. The van der Waals surface area contributed by atoms with Crippen LogP contribution in [0.15, 0.2) is 54.9 Å². The number of rotatable bonds is 4. The average Bonchev–Trinajstić information content (AvgIpc) is 2.55. The van der Waals surface area contributed by atoms with Crippen LogP contribution in [0, 0.1) is 0 Å². The van der Waals surface area contributed by atoms with E-state index < -0.39 is 0 Å². The third-order valence-corrected chi connectivity index (χ3v) is 3.96. The van der Waals surface area contributed by atoms with Crippen molar-refractivity contribution in [2.75, 3.05) is 37.6 Å². The molecule has 2 aromatic rings. The van der Waals surface area contributed by atoms with Gasteiger partial charge in [-0.2, -0.15) is 0 Å². The molecule has 1 aliphatic rings. The van der Waals surface area contributed by atoms with Crippen molar-refractivity contribution in [2.24, 2.45) is 0 Å². The Bertz CT molecular complexity index is 504. The smallest absolute Gasteiger partial charge is 0.0397 e. The van der Waals surface area contributed by atoms with Gasteiger partial charge in [0, 0.05) is 50.8 Å². The fourth-order valence-electron chi connectivity index (χ4n) is 2.72. The molecule has 0 N–H and O–H groups in total. The fraction of sp³-hybridized carbons (Fsp3) is 0.353. The van der Waals surface area contributed by atoms with Gasteiger partial charge in [0.05, 0.1) is 0 Å². The summed E-state index contributed by atoms with van der Waals surface area (Å²) in [5.41, 5.74) is 2.73. The number of pyridine rings is 1. The summed E-state index contributed by atoms with van der Waals surface area (Å²) in [6.07, 6.45) is 4.89. The van der Waals surface area contributed by atoms with Crippen molar-refractivity contribution >= 4 is 5.69 Å². The number of hydrogen-bond acceptors (Lipinski definition) is 3. The van der Waals surface area contributed by atoms with Crippen molar-refractivity contribution in [3.05, 3.63) is 60.4 Å². The lowest BCUT2D eigenvalue weighted by Crippen LogP contribution is -2.47. The van der Waals surface area contributed by atoms with Gasteiger partial charge in [-0.25, -0.2) is 0 Å². The Labute approximate surface area is 120 Å². The molecule has 1 fully saturated rings. The molecule has 0 atom stereocenters. The van der Waals surface area contributed by atoms with Crippen LogP contribution in [0.2, 0.25) is 0 Å². The van der Waals surface area contributed by atoms with E-state index in [0.29, 0.717) is 0 Å². The largest absolute Gasteiger partial charge is 0.369 e. The lowest BCUT2D eigenvalue weighted by atomic mass is 10.1. The van der Waals surface area contributed by atoms with Gasteiger partial charge < -0.3 is 4.90 Å². The van der Waals surface area contributed by atoms with Gasteiger partial charge in [-0.15, -0.1) is 0 Å². The van der Waals surface area contributed by atoms with Gasteiger partial charge in [0.15, 0.2) is 0 Å². The molecule has 1 aliphatic heterocycles. The predicted molar refractivity (Wildman–Crippen MR) is 83.0 cm³/mol. The SMILES string of the molecule is c1ccc(CCN2CCN(c3ccncc3)CC2)cc1. The van der Waals surface area contributed by atoms with Gasteiger partial charge in [0.2, 0.25) is 0 Å². The monoisotopic (exact) mass is 267 g/mol. The van der Waals surface area contributed by atoms with Gasteiger partial charge in [0.25, 0.3) is 0 Å². The summed E-state index contributed by atoms with van der Waals surface area (Å²) < 4.78 is 0. The van der Waals surface area contributed by atoms with Crippen molar-refractivity contribution in [3.63, 3.8) is 0 Å². The van der Waals surface area contributed by atoms with E-state index in [-0.39, 0.29) is 0 Å². The highest BCUT2D eigenvalue weighted by molar-refractivity contribution is 5.44. The summed E-state index contributed by atoms with van der Waals surface area (Å²) in [4.78, 5) is 9.09. The van der Waals surface area contributed by atoms with Crippen molar-refractivity contribution < 1.29 is 0 Å². The maximum absolute atomic E-state index is 4.08. The van der Waals surface area contributed by atoms with E-state index in [1.54, 1.807) is 0 Å². The van der Waals surface area contributed by atoms with E-state index in [1.807, 2.05) is 12.4 Å². The number of piperazine rings is 1. The normalized spacial score (nSPS) is 16.3. The molecule has 3 rings (SSSR count). The molecule has 0 radical (unpaired) electrons. The molecule has 1 aromatic heterocycles. The summed E-state index contributed by atoms with van der Waals surface area (Å²) in [5.74, 6) is 0. The van der Waals surface area contributed by atoms with Crippen LogP contribution in [0.5, 0.6) is 0 Å². The first-order valence-electron chi connectivity index (χ1n) is 7.33. The highest BCUT2D eigenvalue weighted by Crippen LogP contribution is 2.14. The number of nitrogens with zero attached hydrogens (tertiary/aromatic N) is 3. The Hall–Kier alpha value is -1.87. The molecule has 0 unspecified atom stereocenters. The van der Waals surface area contributed by atoms with Gasteiger partial charge in [0.1, 0.15) is 0 Å². The molecule has 0 amide bonds. The van der Waals surface area contributed by atoms with E-state index in [4.69, 9.17) is 0 Å². The van der Waals surface area contributed by atoms with Crippen LogP contribution >= 0.6 is 0 Å². The standard InChI is InChI=1S/C17H21N3/c1-2-4-16(5-3-1)8-11-19-12-14-20(15-13-19)17-6-9-18-10-7-17/h1-7,9-10H,8,11-15H2. The third-order valence-electron chi connectivity index (χ3n) is 3.96. The molecular formula is C17H21N3. The molecule has 104 valence electrons. The molecule has 0 bridgehead atoms. The Kier molecular flexibility index (Phi) is 4.28. The summed E-state index contributed by atoms with van der Waals surface area (Å²) >= 11 is 0. The minimum Gasteiger partial charge on any atom is -0.369 e. The van der Waals surface area contributed by atoms with Crippen LogP contribution < -0.4 is 4.90 Å². The number of aromatic nitrogens is 1. The van der Waals surface area contributed by atoms with Gasteiger partial charge in [-0.1, -0.05) is 30.3 Å². The van der Waals surface area contributed by atoms with Crippen LogP contribution in [0.4, 0.5) is 5.69 Å². The molecular weight excluding hydrogens is 246 g/mol. The van der Waals surface area contributed by atoms with E-state index in [2.05, 4.69) is 57.2 Å². The first-order valence-corrected chi connectivity index (χ1v) is 7.33. The number of benzene rings is 1. The zero-order chi connectivity index (χ0) is 13.6. The van der Waals surface area contributed by atoms with Crippen molar-refractivity contribution in [1.82, 2.24) is 9.88 Å². The van der Waals surface area contributed by atoms with Crippen LogP contribution in [0.3, 0.4) is 0 Å². The predicted octanol–water partition coefficient (Wildman–Crippen LogP) is 2.45. The molecule has 2 heterocycles. The van der Waals surface area contributed by atoms with Crippen molar-refractivity contribution in [3.8, 4) is 0 Å². The van der Waals surface area contributed by atoms with Crippen LogP contribution in [0.25, 0.3) is 0 Å². The van der Waals surface area contributed by atoms with E-state index in [9.17, 15) is 0 Å². The summed E-state index contributed by atoms with van der Waals surface area (Å²) in [6.45, 7) is 5.68. The van der Waals surface area contributed by atoms with E-state index in [0.717, 1.165) is 39.1 Å². The molecule has 1 aromatic carbocycles. The Morgan fingerprint density at radius 1 is 0.850 bits per heavy atom. The third kappa shape index (κ3) is 3.36. The van der Waals surface area contributed by atoms with Gasteiger partial charge >= 0.3 is 0 Å². The summed E-state index contributed by atoms with van der Waals surface area (Å²) in [7, 11) is 0. The molecule has 3 heteroatoms. The van der Waals surface area contributed by atoms with E-state index >= 15 is 0 Å². The molecule has 0 aliphatic carbocycles. The second-order valence-electron chi connectivity index (χ2n) is 5.27. The summed E-state index contributed by atoms with van der Waals surface area (Å²) in [6, 6.07) is 14.9. The minimum atomic E-state index is 1.11. The Balaban J connectivity index is 1.47. The molecule has 20 heavy (non-hydrogen) atoms. The summed E-state index contributed by atoms with van der Waals surface area (Å²) in [5, 5.41) is 0. The van der Waals surface area contributed by atoms with Gasteiger partial charge in [-0.3, -0.25) is 9.88 Å². The second kappa shape index (κ2) is 6.53. The Morgan fingerprint density at radius 3 is 2.25 bits per heavy atom. The molecule has 3 nitrogen and oxygen atoms in total. The first kappa shape index (κ1) is 13.1. The highest BCUT2D eigenvalue weighted by atomic mass is 15.3. The highest BCUT2D eigenvalue weighted by Gasteiger charge is 2.16. The lowest BCUT2D eigenvalue weighted by molar-refractivity contribution is 0.261. The lowest BCUT2D eigenvalue weighted by Gasteiger charge is -2.36. The number of anilines is 1. The molecule has 0 saturated carbocycles. The Morgan fingerprint density at radius 2 is 1.55 bits per heavy atom. The molecule has 1 saturated heterocycles. The van der Waals surface area contributed by atoms with Crippen LogP contribution in [-0.2, 0) is 6.42 Å². The molecule has 0 spiro atoms. The van der Waals surface area contributed by atoms with Crippen molar-refractivity contribution in [2.45, 2.75) is 6.42 Å².